The second-order valence-corrected chi connectivity index (χ2v) is 6.80. The molecule has 0 atom stereocenters. The van der Waals surface area contributed by atoms with Crippen LogP contribution in [0.4, 0.5) is 5.69 Å². The van der Waals surface area contributed by atoms with Crippen LogP contribution in [0.2, 0.25) is 0 Å². The summed E-state index contributed by atoms with van der Waals surface area (Å²) in [5.74, 6) is -0.574. The number of hydrogen-bond acceptors (Lipinski definition) is 4. The molecule has 6 heteroatoms. The Labute approximate surface area is 130 Å². The van der Waals surface area contributed by atoms with Crippen LogP contribution in [-0.2, 0) is 14.8 Å². The van der Waals surface area contributed by atoms with E-state index in [-0.39, 0.29) is 10.5 Å². The van der Waals surface area contributed by atoms with Gasteiger partial charge in [0.2, 0.25) is 0 Å². The number of ether oxygens (including phenoxy) is 1. The monoisotopic (exact) mass is 319 g/mol. The number of esters is 1. The number of carbonyl (C=O) groups is 1. The van der Waals surface area contributed by atoms with Crippen LogP contribution < -0.4 is 4.31 Å². The lowest BCUT2D eigenvalue weighted by Gasteiger charge is -2.20. The van der Waals surface area contributed by atoms with Gasteiger partial charge >= 0.3 is 5.97 Å². The number of rotatable bonds is 4. The fourth-order valence-corrected chi connectivity index (χ4v) is 3.26. The molecule has 0 saturated carbocycles. The zero-order valence-corrected chi connectivity index (χ0v) is 13.4. The van der Waals surface area contributed by atoms with Gasteiger partial charge in [0.1, 0.15) is 0 Å². The normalized spacial score (nSPS) is 11.0. The van der Waals surface area contributed by atoms with Gasteiger partial charge in [-0.2, -0.15) is 0 Å². The number of aryl methyl sites for hydroxylation is 1. The molecule has 0 aliphatic rings. The van der Waals surface area contributed by atoms with Crippen LogP contribution in [-0.4, -0.2) is 28.5 Å². The van der Waals surface area contributed by atoms with Crippen molar-refractivity contribution in [1.82, 2.24) is 0 Å². The number of methoxy groups -OCH3 is 1. The highest BCUT2D eigenvalue weighted by molar-refractivity contribution is 7.92. The van der Waals surface area contributed by atoms with E-state index >= 15 is 0 Å². The summed E-state index contributed by atoms with van der Waals surface area (Å²) in [5.41, 5.74) is 1.72. The Kier molecular flexibility index (Phi) is 4.51. The molecule has 0 heterocycles. The number of carbonyl (C=O) groups excluding carboxylic acids is 1. The topological polar surface area (TPSA) is 63.7 Å². The van der Waals surface area contributed by atoms with Crippen LogP contribution in [0.15, 0.2) is 53.4 Å². The highest BCUT2D eigenvalue weighted by Crippen LogP contribution is 2.23. The van der Waals surface area contributed by atoms with Gasteiger partial charge in [0.25, 0.3) is 10.0 Å². The van der Waals surface area contributed by atoms with Gasteiger partial charge in [-0.25, -0.2) is 13.2 Å². The Morgan fingerprint density at radius 2 is 1.77 bits per heavy atom. The van der Waals surface area contributed by atoms with E-state index in [1.807, 2.05) is 13.0 Å². The van der Waals surface area contributed by atoms with Gasteiger partial charge in [-0.3, -0.25) is 4.31 Å². The summed E-state index contributed by atoms with van der Waals surface area (Å²) in [5, 5.41) is 0. The van der Waals surface area contributed by atoms with Gasteiger partial charge in [0.05, 0.1) is 23.3 Å². The predicted molar refractivity (Wildman–Crippen MR) is 84.5 cm³/mol. The predicted octanol–water partition coefficient (Wildman–Crippen LogP) is 2.61. The van der Waals surface area contributed by atoms with Gasteiger partial charge in [0.15, 0.2) is 0 Å². The largest absolute Gasteiger partial charge is 0.465 e. The van der Waals surface area contributed by atoms with E-state index in [0.29, 0.717) is 5.69 Å². The number of anilines is 1. The lowest BCUT2D eigenvalue weighted by atomic mass is 10.2. The van der Waals surface area contributed by atoms with Crippen molar-refractivity contribution in [2.75, 3.05) is 18.5 Å². The van der Waals surface area contributed by atoms with Crippen LogP contribution in [0.5, 0.6) is 0 Å². The molecule has 0 bridgehead atoms. The summed E-state index contributed by atoms with van der Waals surface area (Å²) in [7, 11) is -1.01. The quantitative estimate of drug-likeness (QED) is 0.813. The lowest BCUT2D eigenvalue weighted by molar-refractivity contribution is 0.0600. The van der Waals surface area contributed by atoms with E-state index in [1.54, 1.807) is 18.2 Å². The van der Waals surface area contributed by atoms with Crippen molar-refractivity contribution in [1.29, 1.82) is 0 Å². The molecule has 2 rings (SSSR count). The maximum Gasteiger partial charge on any atom is 0.337 e. The maximum absolute atomic E-state index is 12.7. The average molecular weight is 319 g/mol. The first-order chi connectivity index (χ1) is 10.4. The molecule has 0 unspecified atom stereocenters. The third-order valence-corrected chi connectivity index (χ3v) is 5.06. The molecule has 0 fully saturated rings. The number of benzene rings is 2. The van der Waals surface area contributed by atoms with E-state index in [1.165, 1.54) is 42.7 Å². The second kappa shape index (κ2) is 6.19. The maximum atomic E-state index is 12.7. The van der Waals surface area contributed by atoms with Crippen LogP contribution in [0.1, 0.15) is 15.9 Å². The van der Waals surface area contributed by atoms with Crippen molar-refractivity contribution in [2.45, 2.75) is 11.8 Å². The first kappa shape index (κ1) is 16.0. The number of sulfonamides is 1. The third kappa shape index (κ3) is 3.12. The van der Waals surface area contributed by atoms with Gasteiger partial charge < -0.3 is 4.74 Å². The zero-order valence-electron chi connectivity index (χ0n) is 12.6. The molecule has 0 aromatic heterocycles. The molecular formula is C16H17NO4S. The van der Waals surface area contributed by atoms with Crippen molar-refractivity contribution in [3.63, 3.8) is 0 Å². The number of hydrogen-bond donors (Lipinski definition) is 0. The third-order valence-electron chi connectivity index (χ3n) is 3.28. The van der Waals surface area contributed by atoms with Crippen molar-refractivity contribution in [2.24, 2.45) is 0 Å². The van der Waals surface area contributed by atoms with Crippen LogP contribution >= 0.6 is 0 Å². The Hall–Kier alpha value is -2.34. The van der Waals surface area contributed by atoms with E-state index in [2.05, 4.69) is 4.74 Å². The molecule has 2 aromatic rings. The van der Waals surface area contributed by atoms with Crippen molar-refractivity contribution < 1.29 is 17.9 Å². The molecule has 5 nitrogen and oxygen atoms in total. The Morgan fingerprint density at radius 1 is 1.09 bits per heavy atom. The van der Waals surface area contributed by atoms with Crippen molar-refractivity contribution in [3.05, 3.63) is 59.7 Å². The van der Waals surface area contributed by atoms with E-state index in [0.717, 1.165) is 5.56 Å². The minimum absolute atomic E-state index is 0.0411. The Morgan fingerprint density at radius 3 is 2.41 bits per heavy atom. The molecule has 0 aliphatic heterocycles. The summed E-state index contributed by atoms with van der Waals surface area (Å²) in [4.78, 5) is 11.6. The lowest BCUT2D eigenvalue weighted by Crippen LogP contribution is -2.26. The Bertz CT molecular complexity index is 799. The van der Waals surface area contributed by atoms with Crippen LogP contribution in [0.25, 0.3) is 0 Å². The van der Waals surface area contributed by atoms with E-state index in [4.69, 9.17) is 0 Å². The van der Waals surface area contributed by atoms with Crippen LogP contribution in [0, 0.1) is 6.92 Å². The summed E-state index contributed by atoms with van der Waals surface area (Å²) < 4.78 is 31.2. The molecule has 0 spiro atoms. The molecule has 0 aliphatic carbocycles. The molecule has 0 amide bonds. The highest BCUT2D eigenvalue weighted by Gasteiger charge is 2.22. The molecule has 0 radical (unpaired) electrons. The molecular weight excluding hydrogens is 302 g/mol. The summed E-state index contributed by atoms with van der Waals surface area (Å²) >= 11 is 0. The van der Waals surface area contributed by atoms with Gasteiger partial charge in [-0.05, 0) is 42.8 Å². The minimum atomic E-state index is -3.75. The van der Waals surface area contributed by atoms with E-state index < -0.39 is 16.0 Å². The first-order valence-corrected chi connectivity index (χ1v) is 8.04. The Balaban J connectivity index is 2.44. The molecule has 22 heavy (non-hydrogen) atoms. The molecule has 116 valence electrons. The van der Waals surface area contributed by atoms with Gasteiger partial charge in [-0.1, -0.05) is 18.2 Å². The zero-order chi connectivity index (χ0) is 16.3. The first-order valence-electron chi connectivity index (χ1n) is 6.60. The molecule has 0 saturated heterocycles. The highest BCUT2D eigenvalue weighted by atomic mass is 32.2. The van der Waals surface area contributed by atoms with E-state index in [9.17, 15) is 13.2 Å². The summed E-state index contributed by atoms with van der Waals surface area (Å²) in [6, 6.07) is 13.0. The fraction of sp³-hybridized carbons (Fsp3) is 0.188. The second-order valence-electron chi connectivity index (χ2n) is 4.83. The average Bonchev–Trinajstić information content (AvgIpc) is 2.53. The van der Waals surface area contributed by atoms with Crippen molar-refractivity contribution >= 4 is 21.7 Å². The fourth-order valence-electron chi connectivity index (χ4n) is 2.02. The standard InChI is InChI=1S/C16H17NO4S/c1-12-6-4-8-14(10-12)17(2)22(19,20)15-9-5-7-13(11-15)16(18)21-3/h4-11H,1-3H3. The smallest absolute Gasteiger partial charge is 0.337 e. The van der Waals surface area contributed by atoms with Gasteiger partial charge in [0, 0.05) is 7.05 Å². The van der Waals surface area contributed by atoms with Gasteiger partial charge in [-0.15, -0.1) is 0 Å². The van der Waals surface area contributed by atoms with Crippen molar-refractivity contribution in [3.8, 4) is 0 Å². The minimum Gasteiger partial charge on any atom is -0.465 e. The van der Waals surface area contributed by atoms with Crippen LogP contribution in [0.3, 0.4) is 0 Å². The summed E-state index contributed by atoms with van der Waals surface area (Å²) in [6.45, 7) is 1.89. The SMILES string of the molecule is COC(=O)c1cccc(S(=O)(=O)N(C)c2cccc(C)c2)c1. The molecule has 0 N–H and O–H groups in total. The summed E-state index contributed by atoms with van der Waals surface area (Å²) in [6.07, 6.45) is 0. The molecule has 2 aromatic carbocycles. The number of nitrogens with zero attached hydrogens (tertiary/aromatic N) is 1.